The maximum absolute atomic E-state index is 12.3. The molecule has 3 nitrogen and oxygen atoms in total. The molecule has 1 N–H and O–H groups in total. The van der Waals surface area contributed by atoms with E-state index in [0.717, 1.165) is 5.32 Å². The number of nitrogens with one attached hydrogen (secondary N) is 1. The Morgan fingerprint density at radius 2 is 1.13 bits per heavy atom. The summed E-state index contributed by atoms with van der Waals surface area (Å²) in [6, 6.07) is 7.67. The van der Waals surface area contributed by atoms with Crippen molar-refractivity contribution < 1.29 is 49.1 Å². The quantitative estimate of drug-likeness (QED) is 0.334. The van der Waals surface area contributed by atoms with Crippen molar-refractivity contribution in [2.45, 2.75) is 18.7 Å². The molecule has 2 aromatic carbocycles. The van der Waals surface area contributed by atoms with E-state index in [1.54, 1.807) is 6.07 Å². The Morgan fingerprint density at radius 3 is 1.47 bits per heavy atom. The van der Waals surface area contributed by atoms with Crippen molar-refractivity contribution in [1.29, 1.82) is 0 Å². The predicted octanol–water partition coefficient (Wildman–Crippen LogP) is 6.04. The van der Waals surface area contributed by atoms with Gasteiger partial charge < -0.3 is 0 Å². The van der Waals surface area contributed by atoms with E-state index in [-0.39, 0.29) is 23.8 Å². The smallest absolute Gasteiger partial charge is 0.276 e. The third kappa shape index (κ3) is 8.31. The van der Waals surface area contributed by atoms with E-state index in [0.29, 0.717) is 0 Å². The summed E-state index contributed by atoms with van der Waals surface area (Å²) >= 11 is 4.87. The van der Waals surface area contributed by atoms with Gasteiger partial charge in [-0.05, 0) is 41.9 Å². The molecule has 0 fully saturated rings. The van der Waals surface area contributed by atoms with Gasteiger partial charge in [0.15, 0.2) is 0 Å². The van der Waals surface area contributed by atoms with Crippen LogP contribution in [0.2, 0.25) is 0 Å². The van der Waals surface area contributed by atoms with Crippen LogP contribution in [0.3, 0.4) is 0 Å². The standard InChI is InChI=1S/C9H3ClF6O.C8H6F3NO/c10-7(17)4-1-5(8(11,12)13)3-6(2-4)9(14,15)16;9-8(10,11)12-7(13)6-4-2-1-3-5-6/h1-3H;1-5H,(H,12,13). The van der Waals surface area contributed by atoms with Crippen molar-refractivity contribution in [2.24, 2.45) is 0 Å². The minimum absolute atomic E-state index is 0.0141. The summed E-state index contributed by atoms with van der Waals surface area (Å²) in [7, 11) is 0. The lowest BCUT2D eigenvalue weighted by atomic mass is 10.1. The second kappa shape index (κ2) is 9.37. The van der Waals surface area contributed by atoms with E-state index >= 15 is 0 Å². The molecule has 30 heavy (non-hydrogen) atoms. The summed E-state index contributed by atoms with van der Waals surface area (Å²) in [4.78, 5) is 21.5. The lowest BCUT2D eigenvalue weighted by molar-refractivity contribution is -0.147. The molecule has 0 radical (unpaired) electrons. The van der Waals surface area contributed by atoms with Crippen molar-refractivity contribution in [3.05, 3.63) is 70.8 Å². The fraction of sp³-hybridized carbons (Fsp3) is 0.176. The van der Waals surface area contributed by atoms with Gasteiger partial charge in [0.05, 0.1) is 11.1 Å². The summed E-state index contributed by atoms with van der Waals surface area (Å²) in [5.74, 6) is -1.15. The highest BCUT2D eigenvalue weighted by Crippen LogP contribution is 2.36. The number of hydrogen-bond acceptors (Lipinski definition) is 2. The van der Waals surface area contributed by atoms with E-state index in [4.69, 9.17) is 11.6 Å². The van der Waals surface area contributed by atoms with Crippen LogP contribution in [0.4, 0.5) is 39.5 Å². The van der Waals surface area contributed by atoms with Crippen molar-refractivity contribution in [3.63, 3.8) is 0 Å². The van der Waals surface area contributed by atoms with Gasteiger partial charge in [0.1, 0.15) is 0 Å². The fourth-order valence-electron chi connectivity index (χ4n) is 1.86. The highest BCUT2D eigenvalue weighted by atomic mass is 35.5. The molecule has 0 aliphatic rings. The zero-order valence-corrected chi connectivity index (χ0v) is 15.0. The van der Waals surface area contributed by atoms with Gasteiger partial charge in [-0.15, -0.1) is 0 Å². The average Bonchev–Trinajstić information content (AvgIpc) is 2.59. The van der Waals surface area contributed by atoms with Gasteiger partial charge >= 0.3 is 18.7 Å². The van der Waals surface area contributed by atoms with Crippen molar-refractivity contribution in [1.82, 2.24) is 5.32 Å². The van der Waals surface area contributed by atoms with Gasteiger partial charge in [-0.3, -0.25) is 14.9 Å². The number of rotatable bonds is 2. The molecule has 0 atom stereocenters. The van der Waals surface area contributed by atoms with Crippen LogP contribution in [0.1, 0.15) is 31.8 Å². The van der Waals surface area contributed by atoms with Gasteiger partial charge in [0.2, 0.25) is 0 Å². The highest BCUT2D eigenvalue weighted by Gasteiger charge is 2.37. The summed E-state index contributed by atoms with van der Waals surface area (Å²) in [5, 5.41) is -0.491. The van der Waals surface area contributed by atoms with Crippen LogP contribution in [0.15, 0.2) is 48.5 Å². The Bertz CT molecular complexity index is 859. The second-order valence-corrected chi connectivity index (χ2v) is 5.73. The molecular weight excluding hydrogens is 457 g/mol. The summed E-state index contributed by atoms with van der Waals surface area (Å²) in [6.07, 6.45) is -14.6. The molecule has 0 aliphatic heterocycles. The largest absolute Gasteiger partial charge is 0.484 e. The van der Waals surface area contributed by atoms with Gasteiger partial charge in [-0.2, -0.15) is 39.5 Å². The SMILES string of the molecule is O=C(Cl)c1cc(C(F)(F)F)cc(C(F)(F)F)c1.O=C(NC(F)(F)F)c1ccccc1. The van der Waals surface area contributed by atoms with Gasteiger partial charge in [0, 0.05) is 11.1 Å². The Kier molecular flexibility index (Phi) is 7.89. The summed E-state index contributed by atoms with van der Waals surface area (Å²) < 4.78 is 109. The minimum Gasteiger partial charge on any atom is -0.276 e. The minimum atomic E-state index is -4.98. The second-order valence-electron chi connectivity index (χ2n) is 5.39. The Balaban J connectivity index is 0.000000311. The highest BCUT2D eigenvalue weighted by molar-refractivity contribution is 6.67. The number of carbonyl (C=O) groups excluding carboxylic acids is 2. The van der Waals surface area contributed by atoms with E-state index in [9.17, 15) is 49.1 Å². The molecule has 0 unspecified atom stereocenters. The van der Waals surface area contributed by atoms with E-state index in [1.807, 2.05) is 0 Å². The average molecular weight is 466 g/mol. The number of halogens is 10. The molecule has 0 heterocycles. The van der Waals surface area contributed by atoms with Crippen molar-refractivity contribution in [2.75, 3.05) is 0 Å². The molecule has 0 bridgehead atoms. The van der Waals surface area contributed by atoms with Crippen LogP contribution in [-0.2, 0) is 12.4 Å². The first-order valence-corrected chi connectivity index (χ1v) is 7.82. The Hall–Kier alpha value is -2.76. The molecule has 1 amide bonds. The zero-order valence-electron chi connectivity index (χ0n) is 14.2. The molecule has 0 aliphatic carbocycles. The molecule has 13 heteroatoms. The monoisotopic (exact) mass is 465 g/mol. The molecular formula is C17H9ClF9NO2. The van der Waals surface area contributed by atoms with Crippen LogP contribution in [-0.4, -0.2) is 17.4 Å². The van der Waals surface area contributed by atoms with Gasteiger partial charge in [-0.25, -0.2) is 0 Å². The third-order valence-electron chi connectivity index (χ3n) is 3.11. The number of amides is 1. The van der Waals surface area contributed by atoms with E-state index < -0.39 is 46.5 Å². The van der Waals surface area contributed by atoms with Crippen LogP contribution in [0, 0.1) is 0 Å². The zero-order chi connectivity index (χ0) is 23.3. The Labute approximate surface area is 167 Å². The lowest BCUT2D eigenvalue weighted by Gasteiger charge is -2.12. The van der Waals surface area contributed by atoms with Gasteiger partial charge in [0.25, 0.3) is 11.1 Å². The maximum atomic E-state index is 12.3. The molecule has 164 valence electrons. The van der Waals surface area contributed by atoms with E-state index in [1.165, 1.54) is 24.3 Å². The topological polar surface area (TPSA) is 46.2 Å². The summed E-state index contributed by atoms with van der Waals surface area (Å²) in [5.41, 5.74) is -4.01. The van der Waals surface area contributed by atoms with Crippen LogP contribution in [0.25, 0.3) is 0 Å². The van der Waals surface area contributed by atoms with Crippen LogP contribution < -0.4 is 5.32 Å². The number of alkyl halides is 9. The first kappa shape index (κ1) is 25.3. The molecule has 0 spiro atoms. The normalized spacial score (nSPS) is 11.9. The fourth-order valence-corrected chi connectivity index (χ4v) is 1.97. The first-order chi connectivity index (χ1) is 13.5. The predicted molar refractivity (Wildman–Crippen MR) is 86.6 cm³/mol. The number of benzene rings is 2. The lowest BCUT2D eigenvalue weighted by Crippen LogP contribution is -2.37. The molecule has 2 rings (SSSR count). The first-order valence-electron chi connectivity index (χ1n) is 7.44. The van der Waals surface area contributed by atoms with Crippen LogP contribution >= 0.6 is 11.6 Å². The number of hydrogen-bond donors (Lipinski definition) is 1. The molecule has 2 aromatic rings. The number of carbonyl (C=O) groups is 2. The maximum Gasteiger partial charge on any atom is 0.484 e. The van der Waals surface area contributed by atoms with Gasteiger partial charge in [-0.1, -0.05) is 18.2 Å². The van der Waals surface area contributed by atoms with Crippen molar-refractivity contribution >= 4 is 22.8 Å². The van der Waals surface area contributed by atoms with Crippen LogP contribution in [0.5, 0.6) is 0 Å². The van der Waals surface area contributed by atoms with Crippen molar-refractivity contribution in [3.8, 4) is 0 Å². The summed E-state index contributed by atoms with van der Waals surface area (Å²) in [6.45, 7) is 0. The molecule has 0 aromatic heterocycles. The molecule has 0 saturated heterocycles. The molecule has 0 saturated carbocycles. The Morgan fingerprint density at radius 1 is 0.700 bits per heavy atom. The van der Waals surface area contributed by atoms with E-state index in [2.05, 4.69) is 0 Å². The third-order valence-corrected chi connectivity index (χ3v) is 3.32.